The van der Waals surface area contributed by atoms with Crippen LogP contribution in [0.3, 0.4) is 0 Å². The van der Waals surface area contributed by atoms with E-state index >= 15 is 0 Å². The summed E-state index contributed by atoms with van der Waals surface area (Å²) in [5.74, 6) is -0.503. The van der Waals surface area contributed by atoms with Crippen LogP contribution in [0.2, 0.25) is 0 Å². The van der Waals surface area contributed by atoms with E-state index < -0.39 is 5.97 Å². The first kappa shape index (κ1) is 10.7. The Bertz CT molecular complexity index is 421. The van der Waals surface area contributed by atoms with Gasteiger partial charge in [-0.3, -0.25) is 0 Å². The number of rotatable bonds is 1. The minimum atomic E-state index is -0.503. The molecule has 0 saturated heterocycles. The molecule has 0 unspecified atom stereocenters. The second-order valence-corrected chi connectivity index (χ2v) is 3.52. The van der Waals surface area contributed by atoms with E-state index in [1.807, 2.05) is 13.0 Å². The van der Waals surface area contributed by atoms with Crippen LogP contribution in [0.4, 0.5) is 0 Å². The smallest absolute Gasteiger partial charge is 0.340 e. The highest BCUT2D eigenvalue weighted by atomic mass is 79.9. The number of ether oxygens (including phenoxy) is 1. The van der Waals surface area contributed by atoms with Gasteiger partial charge in [-0.1, -0.05) is 6.07 Å². The highest BCUT2D eigenvalue weighted by Crippen LogP contribution is 2.25. The predicted molar refractivity (Wildman–Crippen MR) is 54.9 cm³/mol. The topological polar surface area (TPSA) is 50.1 Å². The molecule has 3 nitrogen and oxygen atoms in total. The Morgan fingerprint density at radius 1 is 1.57 bits per heavy atom. The van der Waals surface area contributed by atoms with Gasteiger partial charge in [-0.25, -0.2) is 4.79 Å². The number of carbonyl (C=O) groups is 1. The fourth-order valence-corrected chi connectivity index (χ4v) is 1.58. The average Bonchev–Trinajstić information content (AvgIpc) is 2.20. The maximum Gasteiger partial charge on any atom is 0.340 e. The van der Waals surface area contributed by atoms with Crippen LogP contribution in [0.5, 0.6) is 0 Å². The molecule has 0 spiro atoms. The molecule has 0 aliphatic heterocycles. The van der Waals surface area contributed by atoms with Crippen molar-refractivity contribution in [2.75, 3.05) is 7.11 Å². The highest BCUT2D eigenvalue weighted by molar-refractivity contribution is 9.10. The summed E-state index contributed by atoms with van der Waals surface area (Å²) in [4.78, 5) is 11.4. The second-order valence-electron chi connectivity index (χ2n) is 2.72. The number of hydrogen-bond acceptors (Lipinski definition) is 3. The van der Waals surface area contributed by atoms with Crippen LogP contribution in [-0.4, -0.2) is 13.1 Å². The molecule has 1 aromatic rings. The van der Waals surface area contributed by atoms with E-state index in [0.717, 1.165) is 5.56 Å². The number of nitrogens with zero attached hydrogens (tertiary/aromatic N) is 1. The van der Waals surface area contributed by atoms with Crippen LogP contribution in [0, 0.1) is 18.3 Å². The first-order valence-electron chi connectivity index (χ1n) is 3.89. The SMILES string of the molecule is COC(=O)c1c(C#N)ccc(C)c1Br. The molecule has 0 bridgehead atoms. The van der Waals surface area contributed by atoms with Gasteiger partial charge in [-0.15, -0.1) is 0 Å². The van der Waals surface area contributed by atoms with Gasteiger partial charge >= 0.3 is 5.97 Å². The summed E-state index contributed by atoms with van der Waals surface area (Å²) >= 11 is 3.26. The molecule has 1 aromatic carbocycles. The first-order chi connectivity index (χ1) is 6.61. The number of aryl methyl sites for hydroxylation is 1. The Labute approximate surface area is 90.4 Å². The van der Waals surface area contributed by atoms with Gasteiger partial charge in [-0.05, 0) is 34.5 Å². The van der Waals surface area contributed by atoms with Crippen LogP contribution in [0.15, 0.2) is 16.6 Å². The van der Waals surface area contributed by atoms with Gasteiger partial charge in [0.25, 0.3) is 0 Å². The van der Waals surface area contributed by atoms with E-state index in [1.165, 1.54) is 7.11 Å². The summed E-state index contributed by atoms with van der Waals surface area (Å²) in [6.07, 6.45) is 0. The van der Waals surface area contributed by atoms with Crippen molar-refractivity contribution in [3.05, 3.63) is 33.3 Å². The monoisotopic (exact) mass is 253 g/mol. The average molecular weight is 254 g/mol. The lowest BCUT2D eigenvalue weighted by molar-refractivity contribution is 0.0599. The minimum absolute atomic E-state index is 0.287. The van der Waals surface area contributed by atoms with Crippen LogP contribution in [-0.2, 0) is 4.74 Å². The van der Waals surface area contributed by atoms with Gasteiger partial charge in [0.05, 0.1) is 18.2 Å². The zero-order chi connectivity index (χ0) is 10.7. The van der Waals surface area contributed by atoms with E-state index in [1.54, 1.807) is 12.1 Å². The number of benzene rings is 1. The maximum atomic E-state index is 11.4. The van der Waals surface area contributed by atoms with E-state index in [-0.39, 0.29) is 5.56 Å². The van der Waals surface area contributed by atoms with Crippen molar-refractivity contribution in [3.63, 3.8) is 0 Å². The summed E-state index contributed by atoms with van der Waals surface area (Å²) < 4.78 is 5.21. The third kappa shape index (κ3) is 1.78. The van der Waals surface area contributed by atoms with Gasteiger partial charge in [-0.2, -0.15) is 5.26 Å². The Hall–Kier alpha value is -1.34. The number of hydrogen-bond donors (Lipinski definition) is 0. The van der Waals surface area contributed by atoms with Crippen LogP contribution >= 0.6 is 15.9 Å². The summed E-state index contributed by atoms with van der Waals surface area (Å²) in [5.41, 5.74) is 1.49. The maximum absolute atomic E-state index is 11.4. The Morgan fingerprint density at radius 2 is 2.21 bits per heavy atom. The van der Waals surface area contributed by atoms with Crippen molar-refractivity contribution in [1.29, 1.82) is 5.26 Å². The number of methoxy groups -OCH3 is 1. The summed E-state index contributed by atoms with van der Waals surface area (Å²) in [7, 11) is 1.29. The van der Waals surface area contributed by atoms with E-state index in [9.17, 15) is 4.79 Å². The standard InChI is InChI=1S/C10H8BrNO2/c1-6-3-4-7(5-12)8(9(6)11)10(13)14-2/h3-4H,1-2H3. The van der Waals surface area contributed by atoms with Gasteiger partial charge < -0.3 is 4.74 Å². The van der Waals surface area contributed by atoms with Crippen molar-refractivity contribution < 1.29 is 9.53 Å². The van der Waals surface area contributed by atoms with Crippen LogP contribution in [0.25, 0.3) is 0 Å². The molecule has 0 radical (unpaired) electrons. The van der Waals surface area contributed by atoms with Crippen molar-refractivity contribution in [3.8, 4) is 6.07 Å². The highest BCUT2D eigenvalue weighted by Gasteiger charge is 2.16. The van der Waals surface area contributed by atoms with Crippen molar-refractivity contribution in [2.45, 2.75) is 6.92 Å². The summed E-state index contributed by atoms with van der Waals surface area (Å²) in [6.45, 7) is 1.84. The predicted octanol–water partition coefficient (Wildman–Crippen LogP) is 2.42. The molecular weight excluding hydrogens is 246 g/mol. The number of nitriles is 1. The van der Waals surface area contributed by atoms with Crippen molar-refractivity contribution in [1.82, 2.24) is 0 Å². The number of esters is 1. The van der Waals surface area contributed by atoms with Gasteiger partial charge in [0.2, 0.25) is 0 Å². The van der Waals surface area contributed by atoms with Crippen LogP contribution in [0.1, 0.15) is 21.5 Å². The Morgan fingerprint density at radius 3 is 2.71 bits per heavy atom. The molecule has 0 N–H and O–H groups in total. The molecule has 0 fully saturated rings. The molecule has 0 aliphatic carbocycles. The van der Waals surface area contributed by atoms with Gasteiger partial charge in [0.15, 0.2) is 0 Å². The zero-order valence-electron chi connectivity index (χ0n) is 7.80. The fraction of sp³-hybridized carbons (Fsp3) is 0.200. The third-order valence-corrected chi connectivity index (χ3v) is 2.87. The fourth-order valence-electron chi connectivity index (χ4n) is 1.08. The largest absolute Gasteiger partial charge is 0.465 e. The number of halogens is 1. The summed E-state index contributed by atoms with van der Waals surface area (Å²) in [6, 6.07) is 5.32. The molecule has 14 heavy (non-hydrogen) atoms. The molecule has 0 amide bonds. The molecule has 0 heterocycles. The van der Waals surface area contributed by atoms with E-state index in [2.05, 4.69) is 20.7 Å². The molecule has 4 heteroatoms. The molecule has 1 rings (SSSR count). The van der Waals surface area contributed by atoms with E-state index in [0.29, 0.717) is 10.0 Å². The molecule has 72 valence electrons. The molecular formula is C10H8BrNO2. The molecule has 0 saturated carbocycles. The second kappa shape index (κ2) is 4.25. The lowest BCUT2D eigenvalue weighted by Crippen LogP contribution is -2.06. The zero-order valence-corrected chi connectivity index (χ0v) is 9.38. The molecule has 0 aromatic heterocycles. The lowest BCUT2D eigenvalue weighted by atomic mass is 10.1. The van der Waals surface area contributed by atoms with Gasteiger partial charge in [0, 0.05) is 4.47 Å². The Kier molecular flexibility index (Phi) is 3.26. The molecule has 0 aliphatic rings. The van der Waals surface area contributed by atoms with Crippen molar-refractivity contribution in [2.24, 2.45) is 0 Å². The van der Waals surface area contributed by atoms with E-state index in [4.69, 9.17) is 5.26 Å². The van der Waals surface area contributed by atoms with Crippen molar-refractivity contribution >= 4 is 21.9 Å². The van der Waals surface area contributed by atoms with Crippen LogP contribution < -0.4 is 0 Å². The summed E-state index contributed by atoms with van der Waals surface area (Å²) in [5, 5.41) is 8.80. The molecule has 0 atom stereocenters. The Balaban J connectivity index is 3.45. The normalized spacial score (nSPS) is 9.29. The lowest BCUT2D eigenvalue weighted by Gasteiger charge is -2.06. The number of carbonyl (C=O) groups excluding carboxylic acids is 1. The quantitative estimate of drug-likeness (QED) is 0.723. The van der Waals surface area contributed by atoms with Gasteiger partial charge in [0.1, 0.15) is 6.07 Å². The minimum Gasteiger partial charge on any atom is -0.465 e. The first-order valence-corrected chi connectivity index (χ1v) is 4.68. The third-order valence-electron chi connectivity index (χ3n) is 1.85.